The molecule has 1 aromatic rings. The first kappa shape index (κ1) is 17.6. The van der Waals surface area contributed by atoms with Crippen LogP contribution in [0.3, 0.4) is 0 Å². The Kier molecular flexibility index (Phi) is 6.77. The van der Waals surface area contributed by atoms with Crippen LogP contribution in [0.4, 0.5) is 13.2 Å². The molecule has 0 amide bonds. The first-order chi connectivity index (χ1) is 9.89. The molecule has 0 N–H and O–H groups in total. The second kappa shape index (κ2) is 8.09. The van der Waals surface area contributed by atoms with Crippen LogP contribution in [-0.2, 0) is 15.9 Å². The van der Waals surface area contributed by atoms with Crippen molar-refractivity contribution in [1.82, 2.24) is 0 Å². The molecule has 1 aromatic carbocycles. The maximum absolute atomic E-state index is 12.2. The van der Waals surface area contributed by atoms with Gasteiger partial charge in [-0.3, -0.25) is 0 Å². The zero-order chi connectivity index (χ0) is 15.9. The third kappa shape index (κ3) is 6.22. The Morgan fingerprint density at radius 2 is 1.81 bits per heavy atom. The topological polar surface area (TPSA) is 36.9 Å². The Hall–Kier alpha value is -1.47. The van der Waals surface area contributed by atoms with Crippen molar-refractivity contribution in [3.8, 4) is 11.5 Å². The zero-order valence-corrected chi connectivity index (χ0v) is 12.2. The number of alkyl halides is 3. The van der Waals surface area contributed by atoms with Crippen molar-refractivity contribution >= 4 is 0 Å². The second-order valence-corrected chi connectivity index (χ2v) is 4.19. The van der Waals surface area contributed by atoms with Crippen molar-refractivity contribution in [2.24, 2.45) is 0 Å². The molecular weight excluding hydrogens is 289 g/mol. The standard InChI is InChI=1S/C14H19F3O4/c1-4-20-13(21-9-14(15,16)17)7-10-5-6-11(18-2)8-12(10)19-3/h5-6,8,13H,4,7,9H2,1-3H3. The highest BCUT2D eigenvalue weighted by atomic mass is 19.4. The fraction of sp³-hybridized carbons (Fsp3) is 0.571. The number of halogens is 3. The van der Waals surface area contributed by atoms with Crippen LogP contribution in [0.5, 0.6) is 11.5 Å². The summed E-state index contributed by atoms with van der Waals surface area (Å²) in [6, 6.07) is 5.06. The van der Waals surface area contributed by atoms with Gasteiger partial charge in [0, 0.05) is 19.1 Å². The van der Waals surface area contributed by atoms with Crippen molar-refractivity contribution in [2.45, 2.75) is 25.8 Å². The Bertz CT molecular complexity index is 435. The number of rotatable bonds is 8. The highest BCUT2D eigenvalue weighted by molar-refractivity contribution is 5.40. The minimum atomic E-state index is -4.39. The molecule has 0 saturated carbocycles. The van der Waals surface area contributed by atoms with E-state index in [1.54, 1.807) is 25.1 Å². The number of hydrogen-bond acceptors (Lipinski definition) is 4. The van der Waals surface area contributed by atoms with E-state index >= 15 is 0 Å². The molecule has 0 aliphatic heterocycles. The molecule has 0 fully saturated rings. The van der Waals surface area contributed by atoms with E-state index in [2.05, 4.69) is 0 Å². The Balaban J connectivity index is 2.78. The maximum Gasteiger partial charge on any atom is 0.411 e. The first-order valence-corrected chi connectivity index (χ1v) is 6.40. The zero-order valence-electron chi connectivity index (χ0n) is 12.2. The molecule has 1 unspecified atom stereocenters. The van der Waals surface area contributed by atoms with Crippen LogP contribution >= 0.6 is 0 Å². The molecule has 0 aromatic heterocycles. The van der Waals surface area contributed by atoms with Crippen molar-refractivity contribution in [3.05, 3.63) is 23.8 Å². The van der Waals surface area contributed by atoms with Crippen LogP contribution in [-0.4, -0.2) is 39.9 Å². The molecule has 1 atom stereocenters. The average Bonchev–Trinajstić information content (AvgIpc) is 2.44. The van der Waals surface area contributed by atoms with E-state index in [1.165, 1.54) is 14.2 Å². The molecule has 0 spiro atoms. The van der Waals surface area contributed by atoms with Crippen LogP contribution in [0.15, 0.2) is 18.2 Å². The molecule has 4 nitrogen and oxygen atoms in total. The lowest BCUT2D eigenvalue weighted by molar-refractivity contribution is -0.227. The summed E-state index contributed by atoms with van der Waals surface area (Å²) in [7, 11) is 2.99. The lowest BCUT2D eigenvalue weighted by atomic mass is 10.1. The molecule has 7 heteroatoms. The van der Waals surface area contributed by atoms with E-state index in [9.17, 15) is 13.2 Å². The van der Waals surface area contributed by atoms with Crippen LogP contribution in [0.1, 0.15) is 12.5 Å². The van der Waals surface area contributed by atoms with E-state index in [0.717, 1.165) is 0 Å². The van der Waals surface area contributed by atoms with Crippen LogP contribution in [0.2, 0.25) is 0 Å². The second-order valence-electron chi connectivity index (χ2n) is 4.19. The van der Waals surface area contributed by atoms with Gasteiger partial charge in [0.05, 0.1) is 14.2 Å². The summed E-state index contributed by atoms with van der Waals surface area (Å²) in [6.07, 6.45) is -5.23. The molecule has 0 bridgehead atoms. The number of ether oxygens (including phenoxy) is 4. The highest BCUT2D eigenvalue weighted by Gasteiger charge is 2.29. The molecular formula is C14H19F3O4. The fourth-order valence-corrected chi connectivity index (χ4v) is 1.74. The van der Waals surface area contributed by atoms with Crippen LogP contribution in [0.25, 0.3) is 0 Å². The fourth-order valence-electron chi connectivity index (χ4n) is 1.74. The normalized spacial score (nSPS) is 13.0. The molecule has 0 aliphatic rings. The Morgan fingerprint density at radius 1 is 1.10 bits per heavy atom. The van der Waals surface area contributed by atoms with Gasteiger partial charge in [-0.05, 0) is 18.6 Å². The summed E-state index contributed by atoms with van der Waals surface area (Å²) in [6.45, 7) is 0.590. The molecule has 0 aliphatic carbocycles. The van der Waals surface area contributed by atoms with Crippen molar-refractivity contribution < 1.29 is 32.1 Å². The van der Waals surface area contributed by atoms with Gasteiger partial charge in [0.1, 0.15) is 18.1 Å². The number of methoxy groups -OCH3 is 2. The lowest BCUT2D eigenvalue weighted by Crippen LogP contribution is -2.27. The SMILES string of the molecule is CCOC(Cc1ccc(OC)cc1OC)OCC(F)(F)F. The quantitative estimate of drug-likeness (QED) is 0.691. The summed E-state index contributed by atoms with van der Waals surface area (Å²) in [5.41, 5.74) is 0.680. The van der Waals surface area contributed by atoms with E-state index in [0.29, 0.717) is 17.1 Å². The summed E-state index contributed by atoms with van der Waals surface area (Å²) in [5, 5.41) is 0. The summed E-state index contributed by atoms with van der Waals surface area (Å²) in [4.78, 5) is 0. The highest BCUT2D eigenvalue weighted by Crippen LogP contribution is 2.27. The van der Waals surface area contributed by atoms with Gasteiger partial charge in [0.15, 0.2) is 6.29 Å². The largest absolute Gasteiger partial charge is 0.497 e. The monoisotopic (exact) mass is 308 g/mol. The van der Waals surface area contributed by atoms with E-state index in [-0.39, 0.29) is 13.0 Å². The molecule has 0 radical (unpaired) electrons. The van der Waals surface area contributed by atoms with E-state index < -0.39 is 19.1 Å². The van der Waals surface area contributed by atoms with E-state index in [1.807, 2.05) is 0 Å². The van der Waals surface area contributed by atoms with Gasteiger partial charge in [0.2, 0.25) is 0 Å². The molecule has 21 heavy (non-hydrogen) atoms. The van der Waals surface area contributed by atoms with Gasteiger partial charge >= 0.3 is 6.18 Å². The maximum atomic E-state index is 12.2. The number of hydrogen-bond donors (Lipinski definition) is 0. The van der Waals surface area contributed by atoms with Crippen molar-refractivity contribution in [2.75, 3.05) is 27.4 Å². The van der Waals surface area contributed by atoms with Gasteiger partial charge in [-0.25, -0.2) is 0 Å². The molecule has 1 rings (SSSR count). The van der Waals surface area contributed by atoms with Crippen molar-refractivity contribution in [3.63, 3.8) is 0 Å². The third-order valence-electron chi connectivity index (χ3n) is 2.67. The Morgan fingerprint density at radius 3 is 2.33 bits per heavy atom. The molecule has 120 valence electrons. The average molecular weight is 308 g/mol. The third-order valence-corrected chi connectivity index (χ3v) is 2.67. The molecule has 0 saturated heterocycles. The number of benzene rings is 1. The summed E-state index contributed by atoms with van der Waals surface area (Å²) < 4.78 is 56.9. The minimum Gasteiger partial charge on any atom is -0.497 e. The van der Waals surface area contributed by atoms with Crippen LogP contribution in [0, 0.1) is 0 Å². The molecule has 0 heterocycles. The predicted octanol–water partition coefficient (Wildman–Crippen LogP) is 3.19. The summed E-state index contributed by atoms with van der Waals surface area (Å²) >= 11 is 0. The van der Waals surface area contributed by atoms with Gasteiger partial charge in [-0.1, -0.05) is 6.07 Å². The van der Waals surface area contributed by atoms with E-state index in [4.69, 9.17) is 18.9 Å². The summed E-state index contributed by atoms with van der Waals surface area (Å²) in [5.74, 6) is 1.11. The minimum absolute atomic E-state index is 0.150. The predicted molar refractivity (Wildman–Crippen MR) is 70.7 cm³/mol. The van der Waals surface area contributed by atoms with Gasteiger partial charge < -0.3 is 18.9 Å². The lowest BCUT2D eigenvalue weighted by Gasteiger charge is -2.20. The van der Waals surface area contributed by atoms with Crippen molar-refractivity contribution in [1.29, 1.82) is 0 Å². The Labute approximate surface area is 121 Å². The smallest absolute Gasteiger partial charge is 0.411 e. The van der Waals surface area contributed by atoms with Gasteiger partial charge in [-0.15, -0.1) is 0 Å². The van der Waals surface area contributed by atoms with Crippen LogP contribution < -0.4 is 9.47 Å². The van der Waals surface area contributed by atoms with Gasteiger partial charge in [0.25, 0.3) is 0 Å². The van der Waals surface area contributed by atoms with Gasteiger partial charge in [-0.2, -0.15) is 13.2 Å². The first-order valence-electron chi connectivity index (χ1n) is 6.40.